The maximum atomic E-state index is 11.8. The SMILES string of the molecule is COc1c(CC=C(C)C)c(OC)c2ccc(=O)oc2c1CC=C(C)C. The summed E-state index contributed by atoms with van der Waals surface area (Å²) in [6, 6.07) is 3.18. The summed E-state index contributed by atoms with van der Waals surface area (Å²) in [5.74, 6) is 1.41. The molecule has 1 heterocycles. The zero-order valence-electron chi connectivity index (χ0n) is 15.9. The summed E-state index contributed by atoms with van der Waals surface area (Å²) in [7, 11) is 3.26. The van der Waals surface area contributed by atoms with Gasteiger partial charge in [0.1, 0.15) is 17.1 Å². The molecule has 0 amide bonds. The molecular weight excluding hydrogens is 316 g/mol. The zero-order chi connectivity index (χ0) is 18.6. The van der Waals surface area contributed by atoms with Crippen LogP contribution in [-0.4, -0.2) is 14.2 Å². The molecule has 0 aliphatic heterocycles. The number of allylic oxidation sites excluding steroid dienone is 4. The molecule has 134 valence electrons. The highest BCUT2D eigenvalue weighted by Crippen LogP contribution is 2.41. The summed E-state index contributed by atoms with van der Waals surface area (Å²) in [5.41, 5.74) is 4.38. The molecule has 0 aliphatic rings. The van der Waals surface area contributed by atoms with E-state index in [0.29, 0.717) is 29.9 Å². The highest BCUT2D eigenvalue weighted by atomic mass is 16.5. The van der Waals surface area contributed by atoms with E-state index in [2.05, 4.69) is 26.0 Å². The average Bonchev–Trinajstić information content (AvgIpc) is 2.56. The van der Waals surface area contributed by atoms with E-state index in [1.54, 1.807) is 20.3 Å². The molecule has 0 saturated carbocycles. The normalized spacial score (nSPS) is 10.5. The van der Waals surface area contributed by atoms with Crippen molar-refractivity contribution in [2.75, 3.05) is 14.2 Å². The Kier molecular flexibility index (Phi) is 6.07. The smallest absolute Gasteiger partial charge is 0.336 e. The predicted octanol–water partition coefficient (Wildman–Crippen LogP) is 4.83. The molecule has 1 aromatic carbocycles. The van der Waals surface area contributed by atoms with Gasteiger partial charge in [-0.15, -0.1) is 0 Å². The Morgan fingerprint density at radius 3 is 2.00 bits per heavy atom. The van der Waals surface area contributed by atoms with Crippen molar-refractivity contribution in [3.8, 4) is 11.5 Å². The van der Waals surface area contributed by atoms with E-state index in [-0.39, 0.29) is 5.63 Å². The van der Waals surface area contributed by atoms with Crippen molar-refractivity contribution in [1.29, 1.82) is 0 Å². The van der Waals surface area contributed by atoms with E-state index in [0.717, 1.165) is 16.5 Å². The van der Waals surface area contributed by atoms with Crippen LogP contribution in [0.15, 0.2) is 44.6 Å². The topological polar surface area (TPSA) is 48.7 Å². The van der Waals surface area contributed by atoms with Gasteiger partial charge in [-0.05, 0) is 46.6 Å². The minimum Gasteiger partial charge on any atom is -0.496 e. The van der Waals surface area contributed by atoms with E-state index in [9.17, 15) is 4.79 Å². The molecule has 1 aromatic heterocycles. The fourth-order valence-electron chi connectivity index (χ4n) is 2.83. The lowest BCUT2D eigenvalue weighted by atomic mass is 9.97. The fourth-order valence-corrected chi connectivity index (χ4v) is 2.83. The van der Waals surface area contributed by atoms with Crippen LogP contribution in [0.5, 0.6) is 11.5 Å². The Balaban J connectivity index is 2.89. The minimum atomic E-state index is -0.382. The maximum absolute atomic E-state index is 11.8. The van der Waals surface area contributed by atoms with Gasteiger partial charge in [0.05, 0.1) is 19.6 Å². The lowest BCUT2D eigenvalue weighted by Crippen LogP contribution is -2.05. The summed E-state index contributed by atoms with van der Waals surface area (Å²) >= 11 is 0. The largest absolute Gasteiger partial charge is 0.496 e. The third-order valence-electron chi connectivity index (χ3n) is 4.01. The molecule has 2 aromatic rings. The molecule has 0 saturated heterocycles. The van der Waals surface area contributed by atoms with Gasteiger partial charge in [0.15, 0.2) is 0 Å². The highest BCUT2D eigenvalue weighted by Gasteiger charge is 2.21. The van der Waals surface area contributed by atoms with Crippen molar-refractivity contribution in [3.05, 3.63) is 57.0 Å². The van der Waals surface area contributed by atoms with E-state index >= 15 is 0 Å². The molecule has 25 heavy (non-hydrogen) atoms. The molecule has 4 nitrogen and oxygen atoms in total. The Bertz CT molecular complexity index is 877. The molecule has 0 aliphatic carbocycles. The predicted molar refractivity (Wildman–Crippen MR) is 102 cm³/mol. The molecule has 0 N–H and O–H groups in total. The average molecular weight is 342 g/mol. The first-order chi connectivity index (χ1) is 11.9. The van der Waals surface area contributed by atoms with Crippen molar-refractivity contribution < 1.29 is 13.9 Å². The van der Waals surface area contributed by atoms with Crippen LogP contribution < -0.4 is 15.1 Å². The third-order valence-corrected chi connectivity index (χ3v) is 4.01. The summed E-state index contributed by atoms with van der Waals surface area (Å²) in [5, 5.41) is 0.789. The molecule has 2 rings (SSSR count). The lowest BCUT2D eigenvalue weighted by molar-refractivity contribution is 0.385. The third kappa shape index (κ3) is 4.13. The van der Waals surface area contributed by atoms with Crippen LogP contribution in [0.3, 0.4) is 0 Å². The molecule has 4 heteroatoms. The Hall–Kier alpha value is -2.49. The number of fused-ring (bicyclic) bond motifs is 1. The molecule has 0 unspecified atom stereocenters. The minimum absolute atomic E-state index is 0.382. The van der Waals surface area contributed by atoms with Crippen LogP contribution in [0, 0.1) is 0 Å². The second kappa shape index (κ2) is 8.06. The highest BCUT2D eigenvalue weighted by molar-refractivity contribution is 5.90. The Morgan fingerprint density at radius 1 is 0.920 bits per heavy atom. The first kappa shape index (κ1) is 18.8. The van der Waals surface area contributed by atoms with Gasteiger partial charge >= 0.3 is 5.63 Å². The maximum Gasteiger partial charge on any atom is 0.336 e. The van der Waals surface area contributed by atoms with Gasteiger partial charge < -0.3 is 13.9 Å². The number of ether oxygens (including phenoxy) is 2. The zero-order valence-corrected chi connectivity index (χ0v) is 15.9. The molecule has 0 spiro atoms. The van der Waals surface area contributed by atoms with E-state index < -0.39 is 0 Å². The molecule has 0 bridgehead atoms. The van der Waals surface area contributed by atoms with Crippen LogP contribution in [0.25, 0.3) is 11.0 Å². The van der Waals surface area contributed by atoms with Crippen LogP contribution in [0.2, 0.25) is 0 Å². The van der Waals surface area contributed by atoms with Crippen molar-refractivity contribution in [1.82, 2.24) is 0 Å². The van der Waals surface area contributed by atoms with E-state index in [1.807, 2.05) is 13.8 Å². The van der Waals surface area contributed by atoms with Gasteiger partial charge in [-0.1, -0.05) is 23.3 Å². The Labute approximate surface area is 148 Å². The quantitative estimate of drug-likeness (QED) is 0.557. The van der Waals surface area contributed by atoms with Crippen molar-refractivity contribution in [2.24, 2.45) is 0 Å². The van der Waals surface area contributed by atoms with Crippen molar-refractivity contribution in [3.63, 3.8) is 0 Å². The molecular formula is C21H26O4. The van der Waals surface area contributed by atoms with Gasteiger partial charge in [-0.2, -0.15) is 0 Å². The number of methoxy groups -OCH3 is 2. The van der Waals surface area contributed by atoms with Gasteiger partial charge in [0.2, 0.25) is 0 Å². The van der Waals surface area contributed by atoms with Crippen LogP contribution in [-0.2, 0) is 12.8 Å². The first-order valence-corrected chi connectivity index (χ1v) is 8.35. The second-order valence-corrected chi connectivity index (χ2v) is 6.49. The monoisotopic (exact) mass is 342 g/mol. The van der Waals surface area contributed by atoms with Gasteiger partial charge in [-0.3, -0.25) is 0 Å². The molecule has 0 radical (unpaired) electrons. The van der Waals surface area contributed by atoms with E-state index in [4.69, 9.17) is 13.9 Å². The summed E-state index contributed by atoms with van der Waals surface area (Å²) in [6.45, 7) is 8.20. The number of hydrogen-bond donors (Lipinski definition) is 0. The standard InChI is InChI=1S/C21H26O4/c1-13(2)7-9-15-19(23-5)16(10-8-14(3)4)21-17(20(15)24-6)11-12-18(22)25-21/h7-8,11-12H,9-10H2,1-6H3. The number of rotatable bonds is 6. The number of benzene rings is 1. The lowest BCUT2D eigenvalue weighted by Gasteiger charge is -2.18. The van der Waals surface area contributed by atoms with Crippen molar-refractivity contribution in [2.45, 2.75) is 40.5 Å². The fraction of sp³-hybridized carbons (Fsp3) is 0.381. The van der Waals surface area contributed by atoms with Gasteiger partial charge in [0, 0.05) is 17.2 Å². The molecule has 0 fully saturated rings. The number of hydrogen-bond acceptors (Lipinski definition) is 4. The summed E-state index contributed by atoms with van der Waals surface area (Å²) < 4.78 is 16.9. The van der Waals surface area contributed by atoms with Crippen LogP contribution in [0.4, 0.5) is 0 Å². The first-order valence-electron chi connectivity index (χ1n) is 8.35. The molecule has 0 atom stereocenters. The van der Waals surface area contributed by atoms with Crippen molar-refractivity contribution >= 4 is 11.0 Å². The van der Waals surface area contributed by atoms with Crippen LogP contribution >= 0.6 is 0 Å². The van der Waals surface area contributed by atoms with Crippen LogP contribution in [0.1, 0.15) is 38.8 Å². The summed E-state index contributed by atoms with van der Waals surface area (Å²) in [6.07, 6.45) is 5.55. The van der Waals surface area contributed by atoms with Gasteiger partial charge in [-0.25, -0.2) is 4.79 Å². The second-order valence-electron chi connectivity index (χ2n) is 6.49. The van der Waals surface area contributed by atoms with E-state index in [1.165, 1.54) is 17.2 Å². The van der Waals surface area contributed by atoms with Gasteiger partial charge in [0.25, 0.3) is 0 Å². The Morgan fingerprint density at radius 2 is 1.48 bits per heavy atom. The summed E-state index contributed by atoms with van der Waals surface area (Å²) in [4.78, 5) is 11.8.